The summed E-state index contributed by atoms with van der Waals surface area (Å²) < 4.78 is 0. The molecule has 3 N–H and O–H groups in total. The van der Waals surface area contributed by atoms with Crippen LogP contribution in [0.4, 0.5) is 0 Å². The summed E-state index contributed by atoms with van der Waals surface area (Å²) in [5, 5.41) is 6.39. The van der Waals surface area contributed by atoms with Crippen molar-refractivity contribution in [2.75, 3.05) is 6.54 Å². The number of carbonyl (C=O) groups is 1. The molecule has 2 aromatic heterocycles. The largest absolute Gasteiger partial charge is 0.346 e. The van der Waals surface area contributed by atoms with Crippen LogP contribution in [0.15, 0.2) is 36.5 Å². The minimum Gasteiger partial charge on any atom is -0.346 e. The predicted molar refractivity (Wildman–Crippen MR) is 104 cm³/mol. The first-order valence-electron chi connectivity index (χ1n) is 9.20. The number of aryl methyl sites for hydroxylation is 2. The summed E-state index contributed by atoms with van der Waals surface area (Å²) in [6.07, 6.45) is 2.90. The van der Waals surface area contributed by atoms with Crippen molar-refractivity contribution in [3.8, 4) is 11.4 Å². The summed E-state index contributed by atoms with van der Waals surface area (Å²) in [5.41, 5.74) is 6.79. The van der Waals surface area contributed by atoms with E-state index in [1.807, 2.05) is 50.4 Å². The molecule has 138 valence electrons. The molecule has 0 atom stereocenters. The molecule has 0 spiro atoms. The Labute approximate surface area is 158 Å². The number of pyridine rings is 1. The second kappa shape index (κ2) is 7.32. The zero-order valence-electron chi connectivity index (χ0n) is 15.6. The van der Waals surface area contributed by atoms with Crippen LogP contribution < -0.4 is 10.6 Å². The van der Waals surface area contributed by atoms with Crippen molar-refractivity contribution in [1.82, 2.24) is 25.6 Å². The number of H-pyrrole nitrogens is 1. The summed E-state index contributed by atoms with van der Waals surface area (Å²) in [6, 6.07) is 9.81. The number of rotatable bonds is 4. The number of amides is 1. The molecule has 1 aromatic carbocycles. The molecule has 4 rings (SSSR count). The van der Waals surface area contributed by atoms with Gasteiger partial charge in [-0.25, -0.2) is 4.98 Å². The molecule has 6 nitrogen and oxygen atoms in total. The Kier molecular flexibility index (Phi) is 4.73. The molecule has 1 amide bonds. The van der Waals surface area contributed by atoms with E-state index in [1.54, 1.807) is 0 Å². The highest BCUT2D eigenvalue weighted by Crippen LogP contribution is 2.21. The third kappa shape index (κ3) is 3.48. The fourth-order valence-electron chi connectivity index (χ4n) is 3.54. The van der Waals surface area contributed by atoms with Gasteiger partial charge >= 0.3 is 0 Å². The van der Waals surface area contributed by atoms with E-state index in [0.29, 0.717) is 18.1 Å². The Hall–Kier alpha value is -2.99. The number of aromatic amines is 1. The molecule has 0 saturated carbocycles. The lowest BCUT2D eigenvalue weighted by atomic mass is 9.96. The van der Waals surface area contributed by atoms with E-state index in [1.165, 1.54) is 11.1 Å². The molecule has 3 heterocycles. The van der Waals surface area contributed by atoms with Crippen LogP contribution in [0.1, 0.15) is 38.6 Å². The lowest BCUT2D eigenvalue weighted by Crippen LogP contribution is -2.29. The third-order valence-electron chi connectivity index (χ3n) is 5.04. The Morgan fingerprint density at radius 3 is 2.85 bits per heavy atom. The van der Waals surface area contributed by atoms with Gasteiger partial charge in [0.2, 0.25) is 0 Å². The molecule has 6 heteroatoms. The van der Waals surface area contributed by atoms with Gasteiger partial charge in [-0.2, -0.15) is 0 Å². The fourth-order valence-corrected chi connectivity index (χ4v) is 3.54. The van der Waals surface area contributed by atoms with Gasteiger partial charge in [0, 0.05) is 36.2 Å². The normalized spacial score (nSPS) is 13.3. The fraction of sp³-hybridized carbons (Fsp3) is 0.286. The van der Waals surface area contributed by atoms with E-state index >= 15 is 0 Å². The summed E-state index contributed by atoms with van der Waals surface area (Å²) >= 11 is 0. The highest BCUT2D eigenvalue weighted by atomic mass is 16.1. The summed E-state index contributed by atoms with van der Waals surface area (Å²) in [5.74, 6) is 0.538. The van der Waals surface area contributed by atoms with Crippen molar-refractivity contribution >= 4 is 5.91 Å². The Morgan fingerprint density at radius 2 is 2.04 bits per heavy atom. The number of nitrogens with zero attached hydrogens (tertiary/aromatic N) is 2. The van der Waals surface area contributed by atoms with Crippen molar-refractivity contribution in [3.63, 3.8) is 0 Å². The Morgan fingerprint density at radius 1 is 1.22 bits per heavy atom. The third-order valence-corrected chi connectivity index (χ3v) is 5.04. The van der Waals surface area contributed by atoms with Crippen LogP contribution >= 0.6 is 0 Å². The van der Waals surface area contributed by atoms with E-state index in [0.717, 1.165) is 42.0 Å². The van der Waals surface area contributed by atoms with Gasteiger partial charge in [0.1, 0.15) is 11.5 Å². The minimum absolute atomic E-state index is 0.170. The van der Waals surface area contributed by atoms with Gasteiger partial charge in [0.15, 0.2) is 0 Å². The maximum absolute atomic E-state index is 12.7. The molecular formula is C21H23N5O. The minimum atomic E-state index is -0.170. The molecule has 3 aromatic rings. The first-order valence-corrected chi connectivity index (χ1v) is 9.20. The van der Waals surface area contributed by atoms with Crippen molar-refractivity contribution in [2.24, 2.45) is 0 Å². The van der Waals surface area contributed by atoms with E-state index in [-0.39, 0.29) is 5.91 Å². The van der Waals surface area contributed by atoms with Crippen LogP contribution in [-0.2, 0) is 19.5 Å². The van der Waals surface area contributed by atoms with Gasteiger partial charge in [0.05, 0.1) is 0 Å². The molecule has 1 aliphatic rings. The Balaban J connectivity index is 1.53. The van der Waals surface area contributed by atoms with Crippen molar-refractivity contribution < 1.29 is 4.79 Å². The highest BCUT2D eigenvalue weighted by Gasteiger charge is 2.19. The van der Waals surface area contributed by atoms with E-state index in [2.05, 4.69) is 25.6 Å². The molecular weight excluding hydrogens is 338 g/mol. The van der Waals surface area contributed by atoms with Gasteiger partial charge in [-0.3, -0.25) is 9.78 Å². The summed E-state index contributed by atoms with van der Waals surface area (Å²) in [4.78, 5) is 24.9. The monoisotopic (exact) mass is 361 g/mol. The van der Waals surface area contributed by atoms with Gasteiger partial charge in [-0.1, -0.05) is 30.3 Å². The van der Waals surface area contributed by atoms with Crippen LogP contribution in [0.3, 0.4) is 0 Å². The molecule has 27 heavy (non-hydrogen) atoms. The number of hydrogen-bond acceptors (Lipinski definition) is 4. The number of aromatic nitrogens is 3. The smallest absolute Gasteiger partial charge is 0.272 e. The zero-order valence-corrected chi connectivity index (χ0v) is 15.6. The first-order chi connectivity index (χ1) is 13.1. The van der Waals surface area contributed by atoms with Gasteiger partial charge < -0.3 is 15.6 Å². The van der Waals surface area contributed by atoms with Crippen LogP contribution in [0.25, 0.3) is 11.4 Å². The maximum atomic E-state index is 12.7. The van der Waals surface area contributed by atoms with Gasteiger partial charge in [-0.15, -0.1) is 0 Å². The quantitative estimate of drug-likeness (QED) is 0.667. The molecule has 0 unspecified atom stereocenters. The number of benzene rings is 1. The van der Waals surface area contributed by atoms with E-state index in [4.69, 9.17) is 0 Å². The Bertz CT molecular complexity index is 978. The topological polar surface area (TPSA) is 82.7 Å². The maximum Gasteiger partial charge on any atom is 0.272 e. The number of hydrogen-bond donors (Lipinski definition) is 3. The lowest BCUT2D eigenvalue weighted by Gasteiger charge is -2.21. The number of carbonyl (C=O) groups excluding carboxylic acids is 1. The van der Waals surface area contributed by atoms with E-state index in [9.17, 15) is 4.79 Å². The van der Waals surface area contributed by atoms with Crippen LogP contribution in [-0.4, -0.2) is 27.4 Å². The number of nitrogens with one attached hydrogen (secondary N) is 3. The summed E-state index contributed by atoms with van der Waals surface area (Å²) in [6.45, 7) is 6.13. The zero-order chi connectivity index (χ0) is 18.8. The second-order valence-corrected chi connectivity index (χ2v) is 6.86. The highest BCUT2D eigenvalue weighted by molar-refractivity contribution is 5.94. The molecule has 0 fully saturated rings. The average molecular weight is 361 g/mol. The van der Waals surface area contributed by atoms with Crippen molar-refractivity contribution in [1.29, 1.82) is 0 Å². The molecule has 0 radical (unpaired) electrons. The average Bonchev–Trinajstić information content (AvgIpc) is 3.09. The number of imidazole rings is 1. The SMILES string of the molecule is Cc1ncc2c(c1CNC(=O)c1nc(-c3ccccc3)[nH]c1C)CCNC2. The molecule has 0 aliphatic carbocycles. The van der Waals surface area contributed by atoms with Gasteiger partial charge in [0.25, 0.3) is 5.91 Å². The van der Waals surface area contributed by atoms with Crippen LogP contribution in [0, 0.1) is 13.8 Å². The first kappa shape index (κ1) is 17.4. The molecule has 0 bridgehead atoms. The second-order valence-electron chi connectivity index (χ2n) is 6.86. The van der Waals surface area contributed by atoms with Crippen LogP contribution in [0.2, 0.25) is 0 Å². The lowest BCUT2D eigenvalue weighted by molar-refractivity contribution is 0.0945. The molecule has 1 aliphatic heterocycles. The standard InChI is InChI=1S/C21H23N5O/c1-13-18(17-8-9-22-10-16(17)11-23-13)12-24-21(27)19-14(2)25-20(26-19)15-6-4-3-5-7-15/h3-7,11,22H,8-10,12H2,1-2H3,(H,24,27)(H,25,26). The summed E-state index contributed by atoms with van der Waals surface area (Å²) in [7, 11) is 0. The van der Waals surface area contributed by atoms with Crippen LogP contribution in [0.5, 0.6) is 0 Å². The van der Waals surface area contributed by atoms with E-state index < -0.39 is 0 Å². The van der Waals surface area contributed by atoms with Gasteiger partial charge in [-0.05, 0) is 43.5 Å². The molecule has 0 saturated heterocycles. The van der Waals surface area contributed by atoms with Crippen molar-refractivity contribution in [2.45, 2.75) is 33.4 Å². The number of fused-ring (bicyclic) bond motifs is 1. The predicted octanol–water partition coefficient (Wildman–Crippen LogP) is 2.66. The van der Waals surface area contributed by atoms with Crippen molar-refractivity contribution in [3.05, 3.63) is 70.3 Å².